The summed E-state index contributed by atoms with van der Waals surface area (Å²) in [6, 6.07) is 11.5. The van der Waals surface area contributed by atoms with Crippen LogP contribution in [-0.4, -0.2) is 34.3 Å². The van der Waals surface area contributed by atoms with Crippen molar-refractivity contribution in [1.82, 2.24) is 4.72 Å². The predicted molar refractivity (Wildman–Crippen MR) is 96.6 cm³/mol. The number of sulfonamides is 1. The van der Waals surface area contributed by atoms with E-state index in [9.17, 15) is 13.5 Å². The highest BCUT2D eigenvalue weighted by molar-refractivity contribution is 7.88. The van der Waals surface area contributed by atoms with Crippen LogP contribution in [0, 0.1) is 0 Å². The van der Waals surface area contributed by atoms with Crippen LogP contribution in [0.25, 0.3) is 0 Å². The molecule has 0 heterocycles. The maximum Gasteiger partial charge on any atom is 0.215 e. The molecule has 0 saturated carbocycles. The number of aliphatic hydroxyl groups is 1. The topological polar surface area (TPSA) is 84.9 Å². The molecule has 2 rings (SSSR count). The van der Waals surface area contributed by atoms with Crippen LogP contribution >= 0.6 is 11.6 Å². The summed E-state index contributed by atoms with van der Waals surface area (Å²) in [5, 5.41) is 10.8. The van der Waals surface area contributed by atoms with E-state index in [2.05, 4.69) is 4.72 Å². The molecule has 0 aliphatic rings. The number of halogens is 1. The molecule has 0 radical (unpaired) electrons. The molecule has 136 valence electrons. The molecule has 2 aromatic rings. The third kappa shape index (κ3) is 5.61. The highest BCUT2D eigenvalue weighted by Crippen LogP contribution is 2.29. The molecule has 0 aliphatic heterocycles. The van der Waals surface area contributed by atoms with E-state index in [1.807, 2.05) is 0 Å². The highest BCUT2D eigenvalue weighted by atomic mass is 35.5. The monoisotopic (exact) mass is 385 g/mol. The van der Waals surface area contributed by atoms with Gasteiger partial charge in [0.2, 0.25) is 10.0 Å². The summed E-state index contributed by atoms with van der Waals surface area (Å²) in [7, 11) is -0.586. The van der Waals surface area contributed by atoms with Gasteiger partial charge in [0, 0.05) is 11.6 Å². The first-order valence-corrected chi connectivity index (χ1v) is 9.49. The minimum Gasteiger partial charge on any atom is -0.493 e. The lowest BCUT2D eigenvalue weighted by atomic mass is 10.1. The third-order valence-corrected chi connectivity index (χ3v) is 5.13. The normalized spacial score (nSPS) is 12.6. The molecule has 1 atom stereocenters. The van der Waals surface area contributed by atoms with E-state index in [1.54, 1.807) is 42.5 Å². The summed E-state index contributed by atoms with van der Waals surface area (Å²) in [6.07, 6.45) is -1.01. The Morgan fingerprint density at radius 2 is 1.72 bits per heavy atom. The van der Waals surface area contributed by atoms with Gasteiger partial charge in [-0.1, -0.05) is 29.8 Å². The van der Waals surface area contributed by atoms with Crippen LogP contribution < -0.4 is 14.2 Å². The average Bonchev–Trinajstić information content (AvgIpc) is 2.61. The fourth-order valence-electron chi connectivity index (χ4n) is 2.23. The quantitative estimate of drug-likeness (QED) is 0.729. The summed E-state index contributed by atoms with van der Waals surface area (Å²) in [4.78, 5) is 0. The van der Waals surface area contributed by atoms with E-state index in [4.69, 9.17) is 21.1 Å². The Kier molecular flexibility index (Phi) is 6.66. The van der Waals surface area contributed by atoms with E-state index in [1.165, 1.54) is 14.2 Å². The molecule has 0 saturated heterocycles. The first-order chi connectivity index (χ1) is 11.8. The van der Waals surface area contributed by atoms with E-state index in [0.717, 1.165) is 0 Å². The maximum absolute atomic E-state index is 12.1. The molecule has 8 heteroatoms. The Morgan fingerprint density at radius 1 is 1.08 bits per heavy atom. The van der Waals surface area contributed by atoms with Gasteiger partial charge in [-0.15, -0.1) is 0 Å². The van der Waals surface area contributed by atoms with Crippen molar-refractivity contribution < 1.29 is 23.0 Å². The lowest BCUT2D eigenvalue weighted by Crippen LogP contribution is -2.29. The van der Waals surface area contributed by atoms with Crippen molar-refractivity contribution in [3.63, 3.8) is 0 Å². The second-order valence-electron chi connectivity index (χ2n) is 5.36. The summed E-state index contributed by atoms with van der Waals surface area (Å²) < 4.78 is 37.0. The van der Waals surface area contributed by atoms with Gasteiger partial charge < -0.3 is 14.6 Å². The first kappa shape index (κ1) is 19.5. The standard InChI is InChI=1S/C17H20ClNO5S/c1-23-16-8-5-13(9-17(16)24-2)15(20)10-19-25(21,22)11-12-3-6-14(18)7-4-12/h3-9,15,19-20H,10-11H2,1-2H3. The SMILES string of the molecule is COc1ccc(C(O)CNS(=O)(=O)Cc2ccc(Cl)cc2)cc1OC. The Balaban J connectivity index is 2.00. The molecule has 0 fully saturated rings. The molecule has 2 aromatic carbocycles. The van der Waals surface area contributed by atoms with Gasteiger partial charge in [-0.05, 0) is 35.4 Å². The van der Waals surface area contributed by atoms with Crippen LogP contribution in [0.2, 0.25) is 5.02 Å². The number of aliphatic hydroxyl groups excluding tert-OH is 1. The Hall–Kier alpha value is -1.80. The van der Waals surface area contributed by atoms with Gasteiger partial charge in [-0.2, -0.15) is 0 Å². The molecule has 0 bridgehead atoms. The molecule has 0 aromatic heterocycles. The zero-order valence-electron chi connectivity index (χ0n) is 13.9. The van der Waals surface area contributed by atoms with Crippen molar-refractivity contribution in [1.29, 1.82) is 0 Å². The predicted octanol–water partition coefficient (Wildman–Crippen LogP) is 2.51. The number of benzene rings is 2. The van der Waals surface area contributed by atoms with E-state index >= 15 is 0 Å². The summed E-state index contributed by atoms with van der Waals surface area (Å²) in [5.41, 5.74) is 1.13. The Bertz CT molecular complexity index is 808. The van der Waals surface area contributed by atoms with Gasteiger partial charge in [0.05, 0.1) is 26.1 Å². The van der Waals surface area contributed by atoms with Crippen LogP contribution in [0.1, 0.15) is 17.2 Å². The van der Waals surface area contributed by atoms with Crippen molar-refractivity contribution in [3.05, 3.63) is 58.6 Å². The molecular formula is C17H20ClNO5S. The van der Waals surface area contributed by atoms with Crippen molar-refractivity contribution in [2.45, 2.75) is 11.9 Å². The second-order valence-corrected chi connectivity index (χ2v) is 7.61. The van der Waals surface area contributed by atoms with Gasteiger partial charge in [-0.3, -0.25) is 0 Å². The molecule has 1 unspecified atom stereocenters. The zero-order valence-corrected chi connectivity index (χ0v) is 15.5. The summed E-state index contributed by atoms with van der Waals surface area (Å²) in [6.45, 7) is -0.147. The first-order valence-electron chi connectivity index (χ1n) is 7.46. The number of hydrogen-bond donors (Lipinski definition) is 2. The minimum absolute atomic E-state index is 0.147. The second kappa shape index (κ2) is 8.53. The van der Waals surface area contributed by atoms with Gasteiger partial charge >= 0.3 is 0 Å². The Labute approximate surface area is 152 Å². The van der Waals surface area contributed by atoms with E-state index in [-0.39, 0.29) is 12.3 Å². The molecular weight excluding hydrogens is 366 g/mol. The van der Waals surface area contributed by atoms with Crippen LogP contribution in [0.15, 0.2) is 42.5 Å². The minimum atomic E-state index is -3.59. The van der Waals surface area contributed by atoms with Crippen LogP contribution in [0.5, 0.6) is 11.5 Å². The van der Waals surface area contributed by atoms with Gasteiger partial charge in [0.15, 0.2) is 11.5 Å². The molecule has 6 nitrogen and oxygen atoms in total. The lowest BCUT2D eigenvalue weighted by Gasteiger charge is -2.15. The number of hydrogen-bond acceptors (Lipinski definition) is 5. The smallest absolute Gasteiger partial charge is 0.215 e. The van der Waals surface area contributed by atoms with Crippen molar-refractivity contribution in [2.75, 3.05) is 20.8 Å². The fraction of sp³-hybridized carbons (Fsp3) is 0.294. The molecule has 0 amide bonds. The number of ether oxygens (including phenoxy) is 2. The number of rotatable bonds is 8. The largest absolute Gasteiger partial charge is 0.493 e. The van der Waals surface area contributed by atoms with E-state index in [0.29, 0.717) is 27.6 Å². The van der Waals surface area contributed by atoms with Crippen molar-refractivity contribution in [2.24, 2.45) is 0 Å². The third-order valence-electron chi connectivity index (χ3n) is 3.56. The molecule has 0 aliphatic carbocycles. The van der Waals surface area contributed by atoms with Crippen LogP contribution in [0.4, 0.5) is 0 Å². The van der Waals surface area contributed by atoms with Crippen molar-refractivity contribution >= 4 is 21.6 Å². The Morgan fingerprint density at radius 3 is 2.32 bits per heavy atom. The highest BCUT2D eigenvalue weighted by Gasteiger charge is 2.16. The number of methoxy groups -OCH3 is 2. The van der Waals surface area contributed by atoms with Gasteiger partial charge in [0.1, 0.15) is 0 Å². The summed E-state index contributed by atoms with van der Waals surface area (Å²) in [5.74, 6) is 0.799. The van der Waals surface area contributed by atoms with Crippen molar-refractivity contribution in [3.8, 4) is 11.5 Å². The molecule has 0 spiro atoms. The lowest BCUT2D eigenvalue weighted by molar-refractivity contribution is 0.181. The summed E-state index contributed by atoms with van der Waals surface area (Å²) >= 11 is 5.78. The fourth-order valence-corrected chi connectivity index (χ4v) is 3.51. The molecule has 25 heavy (non-hydrogen) atoms. The van der Waals surface area contributed by atoms with Gasteiger partial charge in [-0.25, -0.2) is 13.1 Å². The van der Waals surface area contributed by atoms with Crippen LogP contribution in [-0.2, 0) is 15.8 Å². The average molecular weight is 386 g/mol. The molecule has 2 N–H and O–H groups in total. The maximum atomic E-state index is 12.1. The van der Waals surface area contributed by atoms with Gasteiger partial charge in [0.25, 0.3) is 0 Å². The zero-order chi connectivity index (χ0) is 18.4. The van der Waals surface area contributed by atoms with E-state index < -0.39 is 16.1 Å². The number of nitrogens with one attached hydrogen (secondary N) is 1. The van der Waals surface area contributed by atoms with Crippen LogP contribution in [0.3, 0.4) is 0 Å².